The van der Waals surface area contributed by atoms with Gasteiger partial charge in [-0.1, -0.05) is 159 Å². The van der Waals surface area contributed by atoms with Crippen molar-refractivity contribution in [2.75, 3.05) is 13.2 Å². The van der Waals surface area contributed by atoms with Gasteiger partial charge in [-0.25, -0.2) is 4.79 Å². The van der Waals surface area contributed by atoms with Crippen LogP contribution < -0.4 is 10.6 Å². The van der Waals surface area contributed by atoms with Crippen LogP contribution in [-0.4, -0.2) is 59.3 Å². The molecule has 0 bridgehead atoms. The number of amides is 2. The van der Waals surface area contributed by atoms with Crippen LogP contribution in [0, 0.1) is 0 Å². The molecule has 0 saturated heterocycles. The van der Waals surface area contributed by atoms with Crippen molar-refractivity contribution < 1.29 is 34.1 Å². The molecule has 0 spiro atoms. The molecule has 0 aliphatic heterocycles. The number of aliphatic hydroxyl groups is 1. The minimum Gasteiger partial charge on any atom is -0.480 e. The number of aliphatic hydroxyl groups excluding tert-OH is 1. The number of carboxylic acids is 1. The molecule has 0 fully saturated rings. The Balaban J connectivity index is 4.03. The van der Waals surface area contributed by atoms with E-state index in [4.69, 9.17) is 14.9 Å². The van der Waals surface area contributed by atoms with Gasteiger partial charge in [-0.05, 0) is 77.0 Å². The van der Waals surface area contributed by atoms with Crippen molar-refractivity contribution in [3.8, 4) is 0 Å². The van der Waals surface area contributed by atoms with Crippen LogP contribution in [0.3, 0.4) is 0 Å². The predicted octanol–water partition coefficient (Wildman–Crippen LogP) is 11.2. The smallest absolute Gasteiger partial charge is 0.328 e. The van der Waals surface area contributed by atoms with E-state index in [0.29, 0.717) is 12.8 Å². The Kier molecular flexibility index (Phi) is 39.1. The Morgan fingerprint density at radius 3 is 1.54 bits per heavy atom. The largest absolute Gasteiger partial charge is 0.480 e. The van der Waals surface area contributed by atoms with Crippen LogP contribution in [0.1, 0.15) is 200 Å². The van der Waals surface area contributed by atoms with Gasteiger partial charge in [-0.2, -0.15) is 0 Å². The second kappa shape index (κ2) is 41.4. The summed E-state index contributed by atoms with van der Waals surface area (Å²) in [5.41, 5.74) is 0. The molecule has 2 atom stereocenters. The number of esters is 1. The van der Waals surface area contributed by atoms with Gasteiger partial charge >= 0.3 is 11.9 Å². The van der Waals surface area contributed by atoms with Crippen LogP contribution in [-0.2, 0) is 23.9 Å². The first-order valence-electron chi connectivity index (χ1n) is 22.5. The number of carbonyl (C=O) groups excluding carboxylic acids is 3. The maximum absolute atomic E-state index is 12.7. The van der Waals surface area contributed by atoms with Gasteiger partial charge in [0.15, 0.2) is 0 Å². The van der Waals surface area contributed by atoms with E-state index < -0.39 is 24.5 Å². The van der Waals surface area contributed by atoms with Gasteiger partial charge in [0.1, 0.15) is 12.1 Å². The Morgan fingerprint density at radius 1 is 0.554 bits per heavy atom. The van der Waals surface area contributed by atoms with Crippen molar-refractivity contribution in [2.45, 2.75) is 212 Å². The number of rotatable bonds is 40. The highest BCUT2D eigenvalue weighted by Gasteiger charge is 2.19. The van der Waals surface area contributed by atoms with Gasteiger partial charge in [-0.3, -0.25) is 14.4 Å². The number of hydrogen-bond donors (Lipinski definition) is 4. The number of unbranched alkanes of at least 4 members (excludes halogenated alkanes) is 18. The highest BCUT2D eigenvalue weighted by atomic mass is 16.5. The van der Waals surface area contributed by atoms with Gasteiger partial charge in [0, 0.05) is 12.8 Å². The lowest BCUT2D eigenvalue weighted by atomic mass is 10.0. The van der Waals surface area contributed by atoms with Gasteiger partial charge < -0.3 is 25.6 Å². The fourth-order valence-electron chi connectivity index (χ4n) is 6.41. The van der Waals surface area contributed by atoms with Gasteiger partial charge in [0.2, 0.25) is 11.8 Å². The quantitative estimate of drug-likeness (QED) is 0.0275. The Labute approximate surface area is 341 Å². The lowest BCUT2D eigenvalue weighted by Gasteiger charge is -2.18. The number of aliphatic carboxylic acids is 1. The Bertz CT molecular complexity index is 1080. The molecular formula is C47H82N2O7. The van der Waals surface area contributed by atoms with Crippen molar-refractivity contribution in [1.29, 1.82) is 0 Å². The fraction of sp³-hybridized carbons (Fsp3) is 0.745. The molecule has 0 aliphatic rings. The standard InChI is InChI=1S/C47H82N2O7/c1-3-5-7-9-11-12-13-14-15-16-17-18-19-20-21-22-23-24-25-26-27-29-35-39-46(53)56-42(36-32-28-10-8-6-4-2)37-33-30-31-34-38-44(51)48-40-45(52)49-43(41-50)47(54)55/h5,7,11-12,14-15,17-18,42-43,50H,3-4,6,8-10,13,16,19-41H2,1-2H3,(H,48,51)(H,49,52)(H,54,55)/b7-5-,12-11-,15-14-,18-17-. The zero-order valence-electron chi connectivity index (χ0n) is 35.6. The lowest BCUT2D eigenvalue weighted by molar-refractivity contribution is -0.150. The van der Waals surface area contributed by atoms with E-state index in [2.05, 4.69) is 73.1 Å². The number of hydrogen-bond acceptors (Lipinski definition) is 6. The van der Waals surface area contributed by atoms with E-state index in [9.17, 15) is 19.2 Å². The van der Waals surface area contributed by atoms with Crippen LogP contribution in [0.25, 0.3) is 0 Å². The zero-order valence-corrected chi connectivity index (χ0v) is 35.6. The first-order valence-corrected chi connectivity index (χ1v) is 22.5. The van der Waals surface area contributed by atoms with Crippen LogP contribution in [0.5, 0.6) is 0 Å². The van der Waals surface area contributed by atoms with E-state index in [0.717, 1.165) is 77.0 Å². The summed E-state index contributed by atoms with van der Waals surface area (Å²) < 4.78 is 5.97. The monoisotopic (exact) mass is 787 g/mol. The first kappa shape index (κ1) is 52.8. The SMILES string of the molecule is CC/C=C\C/C=C\C/C=C\C/C=C\CCCCCCCCCCCCC(=O)OC(CCCCCCCC)CCCCCCC(=O)NCC(=O)NC(CO)C(=O)O. The number of allylic oxidation sites excluding steroid dienone is 8. The molecule has 0 heterocycles. The summed E-state index contributed by atoms with van der Waals surface area (Å²) in [5.74, 6) is -2.34. The van der Waals surface area contributed by atoms with Crippen molar-refractivity contribution in [3.63, 3.8) is 0 Å². The van der Waals surface area contributed by atoms with Crippen LogP contribution in [0.2, 0.25) is 0 Å². The van der Waals surface area contributed by atoms with Gasteiger partial charge in [0.25, 0.3) is 0 Å². The summed E-state index contributed by atoms with van der Waals surface area (Å²) >= 11 is 0. The first-order chi connectivity index (χ1) is 27.3. The van der Waals surface area contributed by atoms with E-state index in [-0.39, 0.29) is 30.9 Å². The fourth-order valence-corrected chi connectivity index (χ4v) is 6.41. The third kappa shape index (κ3) is 37.7. The Morgan fingerprint density at radius 2 is 1.02 bits per heavy atom. The molecule has 0 saturated carbocycles. The molecule has 9 nitrogen and oxygen atoms in total. The summed E-state index contributed by atoms with van der Waals surface area (Å²) in [6.45, 7) is 3.33. The summed E-state index contributed by atoms with van der Waals surface area (Å²) in [5, 5.41) is 22.5. The molecule has 9 heteroatoms. The van der Waals surface area contributed by atoms with Crippen LogP contribution >= 0.6 is 0 Å². The maximum atomic E-state index is 12.7. The molecule has 0 aromatic rings. The average Bonchev–Trinajstić information content (AvgIpc) is 3.18. The zero-order chi connectivity index (χ0) is 41.2. The van der Waals surface area contributed by atoms with E-state index in [1.807, 2.05) is 0 Å². The summed E-state index contributed by atoms with van der Waals surface area (Å²) in [6.07, 6.45) is 48.7. The molecule has 0 rings (SSSR count). The summed E-state index contributed by atoms with van der Waals surface area (Å²) in [7, 11) is 0. The molecule has 2 amide bonds. The molecule has 56 heavy (non-hydrogen) atoms. The topological polar surface area (TPSA) is 142 Å². The molecular weight excluding hydrogens is 705 g/mol. The lowest BCUT2D eigenvalue weighted by Crippen LogP contribution is -2.47. The molecule has 0 aliphatic carbocycles. The van der Waals surface area contributed by atoms with Crippen molar-refractivity contribution in [2.24, 2.45) is 0 Å². The van der Waals surface area contributed by atoms with Crippen LogP contribution in [0.15, 0.2) is 48.6 Å². The highest BCUT2D eigenvalue weighted by molar-refractivity contribution is 5.87. The summed E-state index contributed by atoms with van der Waals surface area (Å²) in [4.78, 5) is 47.5. The summed E-state index contributed by atoms with van der Waals surface area (Å²) in [6, 6.07) is -1.39. The molecule has 322 valence electrons. The van der Waals surface area contributed by atoms with Crippen molar-refractivity contribution >= 4 is 23.8 Å². The Hall–Kier alpha value is -3.20. The second-order valence-electron chi connectivity index (χ2n) is 15.1. The third-order valence-corrected chi connectivity index (χ3v) is 9.84. The molecule has 2 unspecified atom stereocenters. The minimum atomic E-state index is -1.39. The molecule has 0 aromatic carbocycles. The number of carboxylic acid groups (broad SMARTS) is 1. The average molecular weight is 787 g/mol. The molecule has 0 aromatic heterocycles. The molecule has 4 N–H and O–H groups in total. The number of carbonyl (C=O) groups is 4. The molecule has 0 radical (unpaired) electrons. The maximum Gasteiger partial charge on any atom is 0.328 e. The van der Waals surface area contributed by atoms with E-state index >= 15 is 0 Å². The van der Waals surface area contributed by atoms with E-state index in [1.165, 1.54) is 89.9 Å². The van der Waals surface area contributed by atoms with Crippen molar-refractivity contribution in [3.05, 3.63) is 48.6 Å². The van der Waals surface area contributed by atoms with Crippen molar-refractivity contribution in [1.82, 2.24) is 10.6 Å². The normalized spacial score (nSPS) is 12.9. The van der Waals surface area contributed by atoms with E-state index in [1.54, 1.807) is 0 Å². The second-order valence-corrected chi connectivity index (χ2v) is 15.1. The van der Waals surface area contributed by atoms with Gasteiger partial charge in [0.05, 0.1) is 13.2 Å². The van der Waals surface area contributed by atoms with Crippen LogP contribution in [0.4, 0.5) is 0 Å². The highest BCUT2D eigenvalue weighted by Crippen LogP contribution is 2.18. The number of ether oxygens (including phenoxy) is 1. The third-order valence-electron chi connectivity index (χ3n) is 9.84. The minimum absolute atomic E-state index is 0.0436. The number of nitrogens with one attached hydrogen (secondary N) is 2. The van der Waals surface area contributed by atoms with Gasteiger partial charge in [-0.15, -0.1) is 0 Å². The predicted molar refractivity (Wildman–Crippen MR) is 231 cm³/mol.